The van der Waals surface area contributed by atoms with Crippen LogP contribution in [0.2, 0.25) is 0 Å². The number of hydrogen-bond donors (Lipinski definition) is 0. The maximum absolute atomic E-state index is 2.48. The molecule has 3 heterocycles. The average Bonchev–Trinajstić information content (AvgIpc) is 3.97. The highest BCUT2D eigenvalue weighted by Crippen LogP contribution is 2.51. The Bertz CT molecular complexity index is 3240. The summed E-state index contributed by atoms with van der Waals surface area (Å²) in [6.45, 7) is 0. The van der Waals surface area contributed by atoms with E-state index in [9.17, 15) is 0 Å². The fraction of sp³-hybridized carbons (Fsp3) is 0.0370. The maximum Gasteiger partial charge on any atom is 0.0640 e. The fourth-order valence-electron chi connectivity index (χ4n) is 9.34. The van der Waals surface area contributed by atoms with Gasteiger partial charge in [0.15, 0.2) is 0 Å². The lowest BCUT2D eigenvalue weighted by Gasteiger charge is -2.27. The molecule has 0 bridgehead atoms. The molecule has 0 N–H and O–H groups in total. The summed E-state index contributed by atoms with van der Waals surface area (Å²) in [7, 11) is 0. The molecule has 12 rings (SSSR count). The summed E-state index contributed by atoms with van der Waals surface area (Å²) in [5.41, 5.74) is 13.3. The zero-order valence-electron chi connectivity index (χ0n) is 31.5. The van der Waals surface area contributed by atoms with Gasteiger partial charge in [-0.15, -0.1) is 23.1 Å². The smallest absolute Gasteiger partial charge is 0.0640 e. The van der Waals surface area contributed by atoms with E-state index in [0.29, 0.717) is 11.2 Å². The maximum atomic E-state index is 2.48. The van der Waals surface area contributed by atoms with E-state index < -0.39 is 0 Å². The number of thiophene rings is 1. The molecule has 0 radical (unpaired) electrons. The molecule has 0 amide bonds. The van der Waals surface area contributed by atoms with Crippen molar-refractivity contribution in [3.8, 4) is 27.9 Å². The lowest BCUT2D eigenvalue weighted by atomic mass is 9.92. The molecule has 2 atom stereocenters. The Balaban J connectivity index is 1.00. The number of thioether (sulfide) groups is 1. The predicted molar refractivity (Wildman–Crippen MR) is 250 cm³/mol. The van der Waals surface area contributed by atoms with Crippen LogP contribution < -0.4 is 4.90 Å². The molecule has 4 heteroatoms. The Kier molecular flexibility index (Phi) is 7.82. The first-order valence-electron chi connectivity index (χ1n) is 19.9. The Morgan fingerprint density at radius 3 is 1.93 bits per heavy atom. The van der Waals surface area contributed by atoms with E-state index in [2.05, 4.69) is 216 Å². The van der Waals surface area contributed by atoms with Crippen molar-refractivity contribution in [3.05, 3.63) is 212 Å². The largest absolute Gasteiger partial charge is 0.309 e. The van der Waals surface area contributed by atoms with Gasteiger partial charge in [-0.1, -0.05) is 146 Å². The third-order valence-corrected chi connectivity index (χ3v) is 14.5. The van der Waals surface area contributed by atoms with Crippen molar-refractivity contribution < 1.29 is 0 Å². The van der Waals surface area contributed by atoms with Crippen LogP contribution >= 0.6 is 23.1 Å². The van der Waals surface area contributed by atoms with Gasteiger partial charge in [0.25, 0.3) is 0 Å². The molecule has 2 nitrogen and oxygen atoms in total. The Morgan fingerprint density at radius 2 is 1.12 bits per heavy atom. The highest BCUT2D eigenvalue weighted by atomic mass is 32.2. The van der Waals surface area contributed by atoms with Crippen molar-refractivity contribution in [2.75, 3.05) is 4.90 Å². The first-order valence-corrected chi connectivity index (χ1v) is 21.6. The quantitative estimate of drug-likeness (QED) is 0.166. The minimum Gasteiger partial charge on any atom is -0.309 e. The highest BCUT2D eigenvalue weighted by molar-refractivity contribution is 8.00. The number of para-hydroxylation sites is 3. The van der Waals surface area contributed by atoms with Gasteiger partial charge in [-0.2, -0.15) is 0 Å². The zero-order valence-corrected chi connectivity index (χ0v) is 33.1. The van der Waals surface area contributed by atoms with Gasteiger partial charge in [0.05, 0.1) is 27.1 Å². The van der Waals surface area contributed by atoms with E-state index in [1.807, 2.05) is 23.1 Å². The average molecular weight is 777 g/mol. The standard InChI is InChI=1S/C54H36N2S2/c1-2-15-39(40-16-3-8-22-47(40)56-48-23-9-4-17-41(48)42-18-5-10-24-49(42)56)38(14-1)35-28-30-36(31-29-35)55(37-32-33-53-46(34-37)44-20-7-11-26-51(44)57-53)50-25-13-21-45-43-19-6-12-27-52(43)58-54(45)50/h1-34,44,51H. The van der Waals surface area contributed by atoms with Gasteiger partial charge in [0.1, 0.15) is 0 Å². The summed E-state index contributed by atoms with van der Waals surface area (Å²) in [5.74, 6) is 0.385. The summed E-state index contributed by atoms with van der Waals surface area (Å²) in [5, 5.41) is 5.59. The minimum atomic E-state index is 0.385. The van der Waals surface area contributed by atoms with Crippen LogP contribution in [0.25, 0.3) is 69.9 Å². The molecule has 1 aliphatic heterocycles. The molecular formula is C54H36N2S2. The van der Waals surface area contributed by atoms with Crippen molar-refractivity contribution in [1.82, 2.24) is 4.57 Å². The van der Waals surface area contributed by atoms with Gasteiger partial charge in [-0.05, 0) is 82.9 Å². The highest BCUT2D eigenvalue weighted by Gasteiger charge is 2.32. The molecule has 2 unspecified atom stereocenters. The molecule has 0 spiro atoms. The molecule has 2 aromatic heterocycles. The van der Waals surface area contributed by atoms with Crippen LogP contribution in [0.3, 0.4) is 0 Å². The van der Waals surface area contributed by atoms with Crippen LogP contribution in [0.5, 0.6) is 0 Å². The third-order valence-electron chi connectivity index (χ3n) is 12.0. The first-order chi connectivity index (χ1) is 28.8. The molecule has 58 heavy (non-hydrogen) atoms. The number of nitrogens with zero attached hydrogens (tertiary/aromatic N) is 2. The summed E-state index contributed by atoms with van der Waals surface area (Å²) in [6.07, 6.45) is 9.12. The molecule has 0 saturated heterocycles. The van der Waals surface area contributed by atoms with Crippen LogP contribution in [0.4, 0.5) is 17.1 Å². The second-order valence-electron chi connectivity index (χ2n) is 15.2. The van der Waals surface area contributed by atoms with E-state index >= 15 is 0 Å². The topological polar surface area (TPSA) is 8.17 Å². The Labute approximate surface area is 345 Å². The van der Waals surface area contributed by atoms with Gasteiger partial charge in [-0.25, -0.2) is 0 Å². The molecule has 1 aliphatic carbocycles. The Morgan fingerprint density at radius 1 is 0.483 bits per heavy atom. The van der Waals surface area contributed by atoms with Gasteiger partial charge >= 0.3 is 0 Å². The van der Waals surface area contributed by atoms with Crippen molar-refractivity contribution in [1.29, 1.82) is 0 Å². The van der Waals surface area contributed by atoms with Crippen molar-refractivity contribution in [2.45, 2.75) is 16.1 Å². The molecule has 0 saturated carbocycles. The van der Waals surface area contributed by atoms with Crippen molar-refractivity contribution in [2.24, 2.45) is 0 Å². The minimum absolute atomic E-state index is 0.385. The number of fused-ring (bicyclic) bond motifs is 9. The number of anilines is 3. The van der Waals surface area contributed by atoms with E-state index in [1.165, 1.54) is 91.8 Å². The molecule has 2 aliphatic rings. The van der Waals surface area contributed by atoms with Crippen LogP contribution in [-0.4, -0.2) is 9.82 Å². The van der Waals surface area contributed by atoms with E-state index in [-0.39, 0.29) is 0 Å². The van der Waals surface area contributed by atoms with E-state index in [1.54, 1.807) is 0 Å². The van der Waals surface area contributed by atoms with Crippen LogP contribution in [0, 0.1) is 0 Å². The number of allylic oxidation sites excluding steroid dienone is 3. The molecule has 8 aromatic carbocycles. The Hall–Kier alpha value is -6.59. The lowest BCUT2D eigenvalue weighted by Crippen LogP contribution is -2.11. The summed E-state index contributed by atoms with van der Waals surface area (Å²) in [6, 6.07) is 67.1. The molecule has 0 fully saturated rings. The second-order valence-corrected chi connectivity index (χ2v) is 17.4. The van der Waals surface area contributed by atoms with Crippen LogP contribution in [-0.2, 0) is 0 Å². The predicted octanol–water partition coefficient (Wildman–Crippen LogP) is 15.6. The lowest BCUT2D eigenvalue weighted by molar-refractivity contribution is 0.880. The van der Waals surface area contributed by atoms with Crippen molar-refractivity contribution >= 4 is 82.1 Å². The van der Waals surface area contributed by atoms with Gasteiger partial charge in [-0.3, -0.25) is 0 Å². The molecule has 10 aromatic rings. The second kappa shape index (κ2) is 13.5. The number of rotatable bonds is 6. The van der Waals surface area contributed by atoms with Crippen molar-refractivity contribution in [3.63, 3.8) is 0 Å². The molecule has 274 valence electrons. The third kappa shape index (κ3) is 5.26. The normalized spacial score (nSPS) is 15.7. The summed E-state index contributed by atoms with van der Waals surface area (Å²) >= 11 is 3.86. The van der Waals surface area contributed by atoms with Crippen LogP contribution in [0.15, 0.2) is 211 Å². The number of aromatic nitrogens is 1. The summed E-state index contributed by atoms with van der Waals surface area (Å²) in [4.78, 5) is 3.86. The monoisotopic (exact) mass is 776 g/mol. The summed E-state index contributed by atoms with van der Waals surface area (Å²) < 4.78 is 5.04. The van der Waals surface area contributed by atoms with E-state index in [0.717, 1.165) is 5.69 Å². The number of hydrogen-bond acceptors (Lipinski definition) is 3. The first kappa shape index (κ1) is 33.5. The fourth-order valence-corrected chi connectivity index (χ4v) is 11.9. The zero-order chi connectivity index (χ0) is 38.2. The number of benzene rings is 8. The van der Waals surface area contributed by atoms with Crippen LogP contribution in [0.1, 0.15) is 11.5 Å². The molecular weight excluding hydrogens is 741 g/mol. The van der Waals surface area contributed by atoms with Gasteiger partial charge < -0.3 is 9.47 Å². The van der Waals surface area contributed by atoms with Gasteiger partial charge in [0, 0.05) is 59.2 Å². The SMILES string of the molecule is C1=CC2Sc3ccc(N(c4ccc(-c5ccccc5-c5ccccc5-n5c6ccccc6c6ccccc65)cc4)c4cccc5c4sc4ccccc45)cc3C2C=C1. The van der Waals surface area contributed by atoms with Gasteiger partial charge in [0.2, 0.25) is 0 Å². The van der Waals surface area contributed by atoms with E-state index in [4.69, 9.17) is 0 Å².